The van der Waals surface area contributed by atoms with Gasteiger partial charge in [0.2, 0.25) is 0 Å². The molecule has 0 aromatic carbocycles. The molecule has 0 bridgehead atoms. The second-order valence-corrected chi connectivity index (χ2v) is 0. The van der Waals surface area contributed by atoms with E-state index in [9.17, 15) is 0 Å². The molecule has 7 heavy (non-hydrogen) atoms. The van der Waals surface area contributed by atoms with Gasteiger partial charge < -0.3 is 20.8 Å². The average Bonchev–Trinajstić information content (AvgIpc) is 1.81. The molecular weight excluding hydrogens is 79.0 g/mol. The van der Waals surface area contributed by atoms with Crippen LogP contribution in [0.1, 0.15) is 20.8 Å². The number of hydrogen-bond acceptors (Lipinski definition) is 0. The summed E-state index contributed by atoms with van der Waals surface area (Å²) >= 11 is 0. The molecule has 0 atom stereocenters. The molecule has 0 N–H and O–H groups in total. The van der Waals surface area contributed by atoms with E-state index in [1.807, 2.05) is 0 Å². The Bertz CT molecular complexity index is 4.14. The normalized spacial score (nSPS) is 2.57. The van der Waals surface area contributed by atoms with Crippen molar-refractivity contribution < 1.29 is 18.9 Å². The van der Waals surface area contributed by atoms with Crippen LogP contribution in [0.2, 0.25) is 0 Å². The van der Waals surface area contributed by atoms with Crippen molar-refractivity contribution in [2.75, 3.05) is 0 Å². The van der Waals surface area contributed by atoms with Crippen molar-refractivity contribution in [3.63, 3.8) is 0 Å². The third-order valence-electron chi connectivity index (χ3n) is 0. The van der Waals surface area contributed by atoms with E-state index in [2.05, 4.69) is 20.8 Å². The third-order valence-corrected chi connectivity index (χ3v) is 0. The smallest absolute Gasteiger partial charge is 0.346 e. The Kier molecular flexibility index (Phi) is 2110. The molecular formula is C6H15Li-2. The van der Waals surface area contributed by atoms with E-state index in [-0.39, 0.29) is 18.9 Å². The van der Waals surface area contributed by atoms with Crippen LogP contribution < -0.4 is 18.9 Å². The minimum absolute atomic E-state index is 0. The molecule has 0 fully saturated rings. The van der Waals surface area contributed by atoms with Crippen LogP contribution in [0.4, 0.5) is 0 Å². The molecule has 0 unspecified atom stereocenters. The first-order valence-electron chi connectivity index (χ1n) is 2.12. The standard InChI is InChI=1S/3C2H5.Li/c3*1-2;/h3*1H2,2H3;/q3*-1;+1. The summed E-state index contributed by atoms with van der Waals surface area (Å²) < 4.78 is 0. The van der Waals surface area contributed by atoms with Crippen LogP contribution in [0.15, 0.2) is 0 Å². The maximum atomic E-state index is 3.25. The Morgan fingerprint density at radius 3 is 0.571 bits per heavy atom. The summed E-state index contributed by atoms with van der Waals surface area (Å²) in [6, 6.07) is 0. The van der Waals surface area contributed by atoms with Gasteiger partial charge in [-0.3, -0.25) is 0 Å². The molecule has 0 radical (unpaired) electrons. The minimum atomic E-state index is 0. The summed E-state index contributed by atoms with van der Waals surface area (Å²) in [5.74, 6) is 0. The molecule has 0 aromatic heterocycles. The molecule has 0 heterocycles. The molecule has 0 rings (SSSR count). The predicted octanol–water partition coefficient (Wildman–Crippen LogP) is -0.475. The third kappa shape index (κ3) is 391. The Morgan fingerprint density at radius 2 is 0.571 bits per heavy atom. The van der Waals surface area contributed by atoms with Crippen molar-refractivity contribution in [2.45, 2.75) is 20.8 Å². The fourth-order valence-electron chi connectivity index (χ4n) is 0. The average molecular weight is 94.1 g/mol. The molecule has 0 amide bonds. The van der Waals surface area contributed by atoms with E-state index in [1.54, 1.807) is 20.8 Å². The van der Waals surface area contributed by atoms with Gasteiger partial charge in [-0.15, -0.1) is 0 Å². The van der Waals surface area contributed by atoms with E-state index >= 15 is 0 Å². The molecule has 0 nitrogen and oxygen atoms in total. The Morgan fingerprint density at radius 1 is 0.571 bits per heavy atom. The molecule has 42 valence electrons. The van der Waals surface area contributed by atoms with Crippen molar-refractivity contribution in [1.82, 2.24) is 0 Å². The zero-order valence-corrected chi connectivity index (χ0v) is 6.12. The summed E-state index contributed by atoms with van der Waals surface area (Å²) in [7, 11) is 0. The van der Waals surface area contributed by atoms with Gasteiger partial charge in [0.1, 0.15) is 0 Å². The molecule has 0 aliphatic heterocycles. The Balaban J connectivity index is -0.00000000900. The van der Waals surface area contributed by atoms with Gasteiger partial charge in [0, 0.05) is 0 Å². The van der Waals surface area contributed by atoms with Gasteiger partial charge in [0.05, 0.1) is 0 Å². The molecule has 0 aromatic rings. The van der Waals surface area contributed by atoms with E-state index in [0.717, 1.165) is 0 Å². The monoisotopic (exact) mass is 94.1 g/mol. The largest absolute Gasteiger partial charge is 1.00 e. The van der Waals surface area contributed by atoms with Crippen molar-refractivity contribution in [1.29, 1.82) is 0 Å². The van der Waals surface area contributed by atoms with E-state index in [1.165, 1.54) is 0 Å². The van der Waals surface area contributed by atoms with Crippen molar-refractivity contribution in [3.05, 3.63) is 20.8 Å². The van der Waals surface area contributed by atoms with Gasteiger partial charge in [-0.2, -0.15) is 20.8 Å². The summed E-state index contributed by atoms with van der Waals surface area (Å²) in [6.45, 7) is 15.0. The molecule has 0 spiro atoms. The quantitative estimate of drug-likeness (QED) is 0.281. The topological polar surface area (TPSA) is 0 Å². The maximum absolute atomic E-state index is 3.25. The summed E-state index contributed by atoms with van der Waals surface area (Å²) in [6.07, 6.45) is 0. The number of rotatable bonds is 0. The van der Waals surface area contributed by atoms with Crippen molar-refractivity contribution in [3.8, 4) is 0 Å². The first kappa shape index (κ1) is 25.6. The van der Waals surface area contributed by atoms with Crippen LogP contribution in [0.3, 0.4) is 0 Å². The summed E-state index contributed by atoms with van der Waals surface area (Å²) in [5, 5.41) is 0. The maximum Gasteiger partial charge on any atom is 1.00 e. The molecule has 0 saturated heterocycles. The fraction of sp³-hybridized carbons (Fsp3) is 0.500. The fourth-order valence-corrected chi connectivity index (χ4v) is 0. The molecule has 0 saturated carbocycles. The van der Waals surface area contributed by atoms with Gasteiger partial charge >= 0.3 is 18.9 Å². The summed E-state index contributed by atoms with van der Waals surface area (Å²) in [5.41, 5.74) is 0. The van der Waals surface area contributed by atoms with Gasteiger partial charge in [-0.05, 0) is 0 Å². The molecule has 0 aliphatic rings. The van der Waals surface area contributed by atoms with Gasteiger partial charge in [-0.25, -0.2) is 0 Å². The zero-order chi connectivity index (χ0) is 6.00. The van der Waals surface area contributed by atoms with Gasteiger partial charge in [0.25, 0.3) is 0 Å². The van der Waals surface area contributed by atoms with E-state index in [4.69, 9.17) is 0 Å². The van der Waals surface area contributed by atoms with Crippen LogP contribution in [0.5, 0.6) is 0 Å². The van der Waals surface area contributed by atoms with E-state index in [0.29, 0.717) is 0 Å². The summed E-state index contributed by atoms with van der Waals surface area (Å²) in [4.78, 5) is 0. The van der Waals surface area contributed by atoms with Crippen LogP contribution in [-0.4, -0.2) is 0 Å². The first-order chi connectivity index (χ1) is 3.00. The second-order valence-electron chi connectivity index (χ2n) is 0. The van der Waals surface area contributed by atoms with Gasteiger partial charge in [0.15, 0.2) is 0 Å². The van der Waals surface area contributed by atoms with Gasteiger partial charge in [-0.1, -0.05) is 0 Å². The second kappa shape index (κ2) is 579. The predicted molar refractivity (Wildman–Crippen MR) is 33.1 cm³/mol. The van der Waals surface area contributed by atoms with Crippen LogP contribution in [-0.2, 0) is 0 Å². The van der Waals surface area contributed by atoms with Crippen LogP contribution in [0, 0.1) is 20.8 Å². The molecule has 0 aliphatic carbocycles. The zero-order valence-electron chi connectivity index (χ0n) is 6.12. The molecule has 1 heteroatoms. The van der Waals surface area contributed by atoms with E-state index < -0.39 is 0 Å². The van der Waals surface area contributed by atoms with Crippen molar-refractivity contribution in [2.24, 2.45) is 0 Å². The van der Waals surface area contributed by atoms with Crippen molar-refractivity contribution >= 4 is 0 Å². The van der Waals surface area contributed by atoms with Crippen LogP contribution >= 0.6 is 0 Å². The Hall–Kier alpha value is 0.597. The minimum Gasteiger partial charge on any atom is -0.346 e. The first-order valence-corrected chi connectivity index (χ1v) is 2.12. The SMILES string of the molecule is [CH2-]C.[CH2-]C.[CH2-]C.[Li+]. The number of hydrogen-bond donors (Lipinski definition) is 0. The Labute approximate surface area is 60.9 Å². The van der Waals surface area contributed by atoms with Crippen LogP contribution in [0.25, 0.3) is 0 Å².